The highest BCUT2D eigenvalue weighted by molar-refractivity contribution is 5.92. The predicted molar refractivity (Wildman–Crippen MR) is 71.3 cm³/mol. The van der Waals surface area contributed by atoms with Gasteiger partial charge in [-0.05, 0) is 24.1 Å². The van der Waals surface area contributed by atoms with Gasteiger partial charge in [-0.2, -0.15) is 0 Å². The van der Waals surface area contributed by atoms with Crippen molar-refractivity contribution in [2.45, 2.75) is 6.42 Å². The molecule has 2 aromatic rings. The quantitative estimate of drug-likeness (QED) is 0.822. The number of hydrogen-bond acceptors (Lipinski definition) is 2. The summed E-state index contributed by atoms with van der Waals surface area (Å²) < 4.78 is 0. The molecule has 1 heterocycles. The number of rotatable bonds is 4. The number of aromatic nitrogens is 1. The first-order valence-electron chi connectivity index (χ1n) is 5.98. The standard InChI is InChI=1S/C15H16N2O/c1-17(12-10-13-7-3-2-4-8-13)15(18)14-9-5-6-11-16-14/h2-9,11H,10,12H2,1H3. The maximum atomic E-state index is 12.0. The highest BCUT2D eigenvalue weighted by Crippen LogP contribution is 2.03. The van der Waals surface area contributed by atoms with Gasteiger partial charge in [0, 0.05) is 19.8 Å². The van der Waals surface area contributed by atoms with Crippen molar-refractivity contribution in [3.63, 3.8) is 0 Å². The third-order valence-corrected chi connectivity index (χ3v) is 2.81. The third kappa shape index (κ3) is 3.17. The van der Waals surface area contributed by atoms with E-state index in [0.717, 1.165) is 6.42 Å². The van der Waals surface area contributed by atoms with Crippen LogP contribution < -0.4 is 0 Å². The van der Waals surface area contributed by atoms with Crippen LogP contribution in [0.5, 0.6) is 0 Å². The number of pyridine rings is 1. The van der Waals surface area contributed by atoms with Crippen LogP contribution in [0, 0.1) is 0 Å². The molecule has 0 N–H and O–H groups in total. The molecule has 18 heavy (non-hydrogen) atoms. The number of hydrogen-bond donors (Lipinski definition) is 0. The van der Waals surface area contributed by atoms with Crippen LogP contribution in [0.25, 0.3) is 0 Å². The van der Waals surface area contributed by atoms with Gasteiger partial charge in [0.05, 0.1) is 0 Å². The fourth-order valence-corrected chi connectivity index (χ4v) is 1.73. The molecule has 3 nitrogen and oxygen atoms in total. The summed E-state index contributed by atoms with van der Waals surface area (Å²) in [6, 6.07) is 15.5. The number of carbonyl (C=O) groups is 1. The second-order valence-electron chi connectivity index (χ2n) is 4.18. The zero-order valence-electron chi connectivity index (χ0n) is 10.4. The molecule has 0 bridgehead atoms. The SMILES string of the molecule is CN(CCc1ccccc1)C(=O)c1ccccn1. The Morgan fingerprint density at radius 1 is 1.11 bits per heavy atom. The molecule has 0 spiro atoms. The van der Waals surface area contributed by atoms with Crippen molar-refractivity contribution in [1.82, 2.24) is 9.88 Å². The Hall–Kier alpha value is -2.16. The fourth-order valence-electron chi connectivity index (χ4n) is 1.73. The molecule has 2 rings (SSSR count). The maximum Gasteiger partial charge on any atom is 0.272 e. The van der Waals surface area contributed by atoms with E-state index in [1.807, 2.05) is 24.3 Å². The van der Waals surface area contributed by atoms with Gasteiger partial charge in [0.2, 0.25) is 0 Å². The van der Waals surface area contributed by atoms with Gasteiger partial charge in [-0.3, -0.25) is 9.78 Å². The summed E-state index contributed by atoms with van der Waals surface area (Å²) in [7, 11) is 1.81. The molecule has 0 radical (unpaired) electrons. The molecule has 1 amide bonds. The van der Waals surface area contributed by atoms with Crippen LogP contribution in [0.3, 0.4) is 0 Å². The number of benzene rings is 1. The molecule has 0 atom stereocenters. The molecule has 0 saturated heterocycles. The van der Waals surface area contributed by atoms with Crippen LogP contribution in [-0.2, 0) is 6.42 Å². The molecule has 0 aliphatic heterocycles. The van der Waals surface area contributed by atoms with Crippen LogP contribution in [0.2, 0.25) is 0 Å². The minimum absolute atomic E-state index is 0.0356. The van der Waals surface area contributed by atoms with Crippen LogP contribution in [0.15, 0.2) is 54.7 Å². The first-order chi connectivity index (χ1) is 8.77. The van der Waals surface area contributed by atoms with Gasteiger partial charge in [-0.1, -0.05) is 36.4 Å². The summed E-state index contributed by atoms with van der Waals surface area (Å²) in [4.78, 5) is 17.8. The summed E-state index contributed by atoms with van der Waals surface area (Å²) in [5.41, 5.74) is 1.73. The summed E-state index contributed by atoms with van der Waals surface area (Å²) in [6.07, 6.45) is 2.49. The topological polar surface area (TPSA) is 33.2 Å². The average Bonchev–Trinajstić information content (AvgIpc) is 2.46. The van der Waals surface area contributed by atoms with Crippen LogP contribution >= 0.6 is 0 Å². The van der Waals surface area contributed by atoms with Gasteiger partial charge in [-0.15, -0.1) is 0 Å². The van der Waals surface area contributed by atoms with Crippen molar-refractivity contribution < 1.29 is 4.79 Å². The largest absolute Gasteiger partial charge is 0.340 e. The lowest BCUT2D eigenvalue weighted by Gasteiger charge is -2.16. The van der Waals surface area contributed by atoms with Gasteiger partial charge >= 0.3 is 0 Å². The minimum Gasteiger partial charge on any atom is -0.340 e. The van der Waals surface area contributed by atoms with E-state index in [2.05, 4.69) is 17.1 Å². The predicted octanol–water partition coefficient (Wildman–Crippen LogP) is 2.40. The fraction of sp³-hybridized carbons (Fsp3) is 0.200. The van der Waals surface area contributed by atoms with Crippen LogP contribution in [-0.4, -0.2) is 29.4 Å². The van der Waals surface area contributed by atoms with E-state index in [0.29, 0.717) is 12.2 Å². The highest BCUT2D eigenvalue weighted by atomic mass is 16.2. The van der Waals surface area contributed by atoms with Crippen molar-refractivity contribution in [2.75, 3.05) is 13.6 Å². The van der Waals surface area contributed by atoms with Gasteiger partial charge < -0.3 is 4.90 Å². The Morgan fingerprint density at radius 3 is 2.50 bits per heavy atom. The second-order valence-corrected chi connectivity index (χ2v) is 4.18. The van der Waals surface area contributed by atoms with Gasteiger partial charge in [0.25, 0.3) is 5.91 Å². The average molecular weight is 240 g/mol. The second kappa shape index (κ2) is 5.96. The Labute approximate surface area is 107 Å². The molecule has 1 aromatic carbocycles. The summed E-state index contributed by atoms with van der Waals surface area (Å²) >= 11 is 0. The summed E-state index contributed by atoms with van der Waals surface area (Å²) in [5.74, 6) is -0.0356. The van der Waals surface area contributed by atoms with Crippen molar-refractivity contribution in [2.24, 2.45) is 0 Å². The van der Waals surface area contributed by atoms with Crippen molar-refractivity contribution in [3.8, 4) is 0 Å². The van der Waals surface area contributed by atoms with E-state index in [4.69, 9.17) is 0 Å². The molecule has 0 unspecified atom stereocenters. The molecule has 0 fully saturated rings. The lowest BCUT2D eigenvalue weighted by molar-refractivity contribution is 0.0791. The summed E-state index contributed by atoms with van der Waals surface area (Å²) in [6.45, 7) is 0.694. The smallest absolute Gasteiger partial charge is 0.272 e. The Morgan fingerprint density at radius 2 is 1.83 bits per heavy atom. The van der Waals surface area contributed by atoms with E-state index < -0.39 is 0 Å². The Balaban J connectivity index is 1.93. The highest BCUT2D eigenvalue weighted by Gasteiger charge is 2.11. The van der Waals surface area contributed by atoms with E-state index in [-0.39, 0.29) is 5.91 Å². The molecule has 3 heteroatoms. The van der Waals surface area contributed by atoms with E-state index in [9.17, 15) is 4.79 Å². The minimum atomic E-state index is -0.0356. The molecule has 92 valence electrons. The van der Waals surface area contributed by atoms with E-state index >= 15 is 0 Å². The number of nitrogens with zero attached hydrogens (tertiary/aromatic N) is 2. The third-order valence-electron chi connectivity index (χ3n) is 2.81. The molecular weight excluding hydrogens is 224 g/mol. The molecule has 1 aromatic heterocycles. The molecule has 0 saturated carbocycles. The Bertz CT molecular complexity index is 496. The van der Waals surface area contributed by atoms with Gasteiger partial charge in [0.1, 0.15) is 5.69 Å². The lowest BCUT2D eigenvalue weighted by Crippen LogP contribution is -2.29. The lowest BCUT2D eigenvalue weighted by atomic mass is 10.1. The molecular formula is C15H16N2O. The van der Waals surface area contributed by atoms with Crippen molar-refractivity contribution >= 4 is 5.91 Å². The zero-order chi connectivity index (χ0) is 12.8. The van der Waals surface area contributed by atoms with Gasteiger partial charge in [-0.25, -0.2) is 0 Å². The number of carbonyl (C=O) groups excluding carboxylic acids is 1. The normalized spacial score (nSPS) is 10.1. The first-order valence-corrected chi connectivity index (χ1v) is 5.98. The van der Waals surface area contributed by atoms with Crippen LogP contribution in [0.1, 0.15) is 16.1 Å². The van der Waals surface area contributed by atoms with E-state index in [1.54, 1.807) is 30.3 Å². The number of amides is 1. The number of likely N-dealkylation sites (N-methyl/N-ethyl adjacent to an activating group) is 1. The van der Waals surface area contributed by atoms with Crippen molar-refractivity contribution in [1.29, 1.82) is 0 Å². The molecule has 0 aliphatic carbocycles. The van der Waals surface area contributed by atoms with Gasteiger partial charge in [0.15, 0.2) is 0 Å². The molecule has 0 aliphatic rings. The van der Waals surface area contributed by atoms with E-state index in [1.165, 1.54) is 5.56 Å². The summed E-state index contributed by atoms with van der Waals surface area (Å²) in [5, 5.41) is 0. The first kappa shape index (κ1) is 12.3. The van der Waals surface area contributed by atoms with Crippen LogP contribution in [0.4, 0.5) is 0 Å². The maximum absolute atomic E-state index is 12.0. The monoisotopic (exact) mass is 240 g/mol. The zero-order valence-corrected chi connectivity index (χ0v) is 10.4. The Kier molecular flexibility index (Phi) is 4.07. The van der Waals surface area contributed by atoms with Crippen molar-refractivity contribution in [3.05, 3.63) is 66.0 Å².